The van der Waals surface area contributed by atoms with E-state index in [0.29, 0.717) is 0 Å². The summed E-state index contributed by atoms with van der Waals surface area (Å²) in [4.78, 5) is 0. The molecule has 0 aliphatic rings. The highest BCUT2D eigenvalue weighted by atomic mass is 32.1. The molecule has 0 radical (unpaired) electrons. The van der Waals surface area contributed by atoms with Crippen molar-refractivity contribution in [3.05, 3.63) is 18.2 Å². The Bertz CT molecular complexity index is 450. The molecule has 4 heteroatoms. The molecule has 0 fully saturated rings. The number of methoxy groups -OCH3 is 1. The van der Waals surface area contributed by atoms with Crippen LogP contribution in [0.4, 0.5) is 10.7 Å². The topological polar surface area (TPSA) is 61.3 Å². The summed E-state index contributed by atoms with van der Waals surface area (Å²) in [5, 5.41) is 1.81. The van der Waals surface area contributed by atoms with Crippen molar-refractivity contribution in [1.29, 1.82) is 0 Å². The molecule has 2 aromatic rings. The van der Waals surface area contributed by atoms with Crippen LogP contribution >= 0.6 is 11.3 Å². The average Bonchev–Trinajstić information content (AvgIpc) is 2.46. The minimum absolute atomic E-state index is 0.719. The molecule has 0 bridgehead atoms. The van der Waals surface area contributed by atoms with Gasteiger partial charge in [-0.1, -0.05) is 0 Å². The zero-order chi connectivity index (χ0) is 9.42. The lowest BCUT2D eigenvalue weighted by Gasteiger charge is -2.01. The zero-order valence-corrected chi connectivity index (χ0v) is 8.02. The number of hydrogen-bond donors (Lipinski definition) is 2. The maximum Gasteiger partial charge on any atom is 0.121 e. The van der Waals surface area contributed by atoms with Crippen molar-refractivity contribution in [3.8, 4) is 5.75 Å². The second kappa shape index (κ2) is 2.81. The monoisotopic (exact) mass is 194 g/mol. The SMILES string of the molecule is COc1cc(N)c2sc(N)cc2c1. The van der Waals surface area contributed by atoms with Crippen LogP contribution in [0.5, 0.6) is 5.75 Å². The first-order valence-corrected chi connectivity index (χ1v) is 4.65. The molecular formula is C9H10N2OS. The molecule has 2 rings (SSSR count). The van der Waals surface area contributed by atoms with Crippen molar-refractivity contribution in [2.24, 2.45) is 0 Å². The molecule has 3 nitrogen and oxygen atoms in total. The predicted molar refractivity (Wildman–Crippen MR) is 57.2 cm³/mol. The lowest BCUT2D eigenvalue weighted by atomic mass is 10.2. The molecule has 0 saturated heterocycles. The fourth-order valence-corrected chi connectivity index (χ4v) is 2.12. The molecule has 0 atom stereocenters. The van der Waals surface area contributed by atoms with Crippen LogP contribution in [0.3, 0.4) is 0 Å². The van der Waals surface area contributed by atoms with Crippen molar-refractivity contribution in [2.45, 2.75) is 0 Å². The van der Waals surface area contributed by atoms with Gasteiger partial charge in [-0.3, -0.25) is 0 Å². The molecule has 0 saturated carbocycles. The molecule has 0 spiro atoms. The third-order valence-electron chi connectivity index (χ3n) is 1.87. The Kier molecular flexibility index (Phi) is 1.77. The first-order chi connectivity index (χ1) is 6.20. The van der Waals surface area contributed by atoms with Crippen LogP contribution in [-0.4, -0.2) is 7.11 Å². The Morgan fingerprint density at radius 3 is 2.69 bits per heavy atom. The Hall–Kier alpha value is -1.42. The summed E-state index contributed by atoms with van der Waals surface area (Å²) < 4.78 is 6.12. The Morgan fingerprint density at radius 1 is 1.23 bits per heavy atom. The fraction of sp³-hybridized carbons (Fsp3) is 0.111. The summed E-state index contributed by atoms with van der Waals surface area (Å²) >= 11 is 1.50. The third kappa shape index (κ3) is 1.29. The van der Waals surface area contributed by atoms with Crippen LogP contribution in [0.2, 0.25) is 0 Å². The maximum atomic E-state index is 5.82. The first kappa shape index (κ1) is 8.19. The number of nitrogens with two attached hydrogens (primary N) is 2. The summed E-state index contributed by atoms with van der Waals surface area (Å²) in [5.41, 5.74) is 12.2. The summed E-state index contributed by atoms with van der Waals surface area (Å²) in [7, 11) is 1.62. The summed E-state index contributed by atoms with van der Waals surface area (Å²) in [5.74, 6) is 0.766. The number of benzene rings is 1. The molecule has 0 unspecified atom stereocenters. The van der Waals surface area contributed by atoms with Gasteiger partial charge in [0.1, 0.15) is 5.75 Å². The van der Waals surface area contributed by atoms with E-state index < -0.39 is 0 Å². The van der Waals surface area contributed by atoms with Gasteiger partial charge in [0.2, 0.25) is 0 Å². The van der Waals surface area contributed by atoms with Gasteiger partial charge in [0.05, 0.1) is 22.5 Å². The molecule has 1 heterocycles. The third-order valence-corrected chi connectivity index (χ3v) is 2.90. The highest BCUT2D eigenvalue weighted by Crippen LogP contribution is 2.35. The average molecular weight is 194 g/mol. The van der Waals surface area contributed by atoms with Crippen molar-refractivity contribution >= 4 is 32.1 Å². The van der Waals surface area contributed by atoms with Gasteiger partial charge in [0.25, 0.3) is 0 Å². The Labute approximate surface area is 79.9 Å². The highest BCUT2D eigenvalue weighted by molar-refractivity contribution is 7.23. The number of ether oxygens (including phenoxy) is 1. The number of thiophene rings is 1. The van der Waals surface area contributed by atoms with E-state index in [1.807, 2.05) is 12.1 Å². The first-order valence-electron chi connectivity index (χ1n) is 3.83. The molecular weight excluding hydrogens is 184 g/mol. The van der Waals surface area contributed by atoms with Crippen LogP contribution in [0, 0.1) is 0 Å². The van der Waals surface area contributed by atoms with E-state index in [1.165, 1.54) is 11.3 Å². The van der Waals surface area contributed by atoms with Gasteiger partial charge in [-0.2, -0.15) is 0 Å². The zero-order valence-electron chi connectivity index (χ0n) is 7.20. The van der Waals surface area contributed by atoms with Gasteiger partial charge < -0.3 is 16.2 Å². The molecule has 0 aliphatic carbocycles. The lowest BCUT2D eigenvalue weighted by Crippen LogP contribution is -1.87. The van der Waals surface area contributed by atoms with Crippen LogP contribution in [-0.2, 0) is 0 Å². The number of fused-ring (bicyclic) bond motifs is 1. The highest BCUT2D eigenvalue weighted by Gasteiger charge is 2.04. The van der Waals surface area contributed by atoms with Crippen molar-refractivity contribution in [1.82, 2.24) is 0 Å². The molecule has 0 amide bonds. The number of nitrogen functional groups attached to an aromatic ring is 2. The molecule has 0 aliphatic heterocycles. The summed E-state index contributed by atoms with van der Waals surface area (Å²) in [6.45, 7) is 0. The number of anilines is 2. The largest absolute Gasteiger partial charge is 0.497 e. The Balaban J connectivity index is 2.75. The van der Waals surface area contributed by atoms with Gasteiger partial charge in [-0.05, 0) is 12.1 Å². The minimum Gasteiger partial charge on any atom is -0.497 e. The van der Waals surface area contributed by atoms with E-state index in [0.717, 1.165) is 26.5 Å². The molecule has 4 N–H and O–H groups in total. The van der Waals surface area contributed by atoms with Gasteiger partial charge >= 0.3 is 0 Å². The predicted octanol–water partition coefficient (Wildman–Crippen LogP) is 2.07. The van der Waals surface area contributed by atoms with Crippen molar-refractivity contribution in [3.63, 3.8) is 0 Å². The lowest BCUT2D eigenvalue weighted by molar-refractivity contribution is 0.415. The fourth-order valence-electron chi connectivity index (χ4n) is 1.29. The molecule has 68 valence electrons. The number of rotatable bonds is 1. The standard InChI is InChI=1S/C9H10N2OS/c1-12-6-2-5-3-8(11)13-9(5)7(10)4-6/h2-4H,10-11H2,1H3. The van der Waals surface area contributed by atoms with E-state index in [9.17, 15) is 0 Å². The van der Waals surface area contributed by atoms with Crippen molar-refractivity contribution in [2.75, 3.05) is 18.6 Å². The number of hydrogen-bond acceptors (Lipinski definition) is 4. The second-order valence-electron chi connectivity index (χ2n) is 2.78. The van der Waals surface area contributed by atoms with E-state index in [2.05, 4.69) is 0 Å². The molecule has 13 heavy (non-hydrogen) atoms. The smallest absolute Gasteiger partial charge is 0.121 e. The molecule has 1 aromatic heterocycles. The summed E-state index contributed by atoms with van der Waals surface area (Å²) in [6, 6.07) is 5.63. The molecule has 1 aromatic carbocycles. The van der Waals surface area contributed by atoms with Gasteiger partial charge in [-0.15, -0.1) is 11.3 Å². The van der Waals surface area contributed by atoms with Crippen LogP contribution in [0.15, 0.2) is 18.2 Å². The van der Waals surface area contributed by atoms with Crippen molar-refractivity contribution < 1.29 is 4.74 Å². The Morgan fingerprint density at radius 2 is 2.00 bits per heavy atom. The summed E-state index contributed by atoms with van der Waals surface area (Å²) in [6.07, 6.45) is 0. The van der Waals surface area contributed by atoms with Gasteiger partial charge in [0, 0.05) is 11.5 Å². The van der Waals surface area contributed by atoms with Gasteiger partial charge in [-0.25, -0.2) is 0 Å². The van der Waals surface area contributed by atoms with Crippen LogP contribution in [0.1, 0.15) is 0 Å². The van der Waals surface area contributed by atoms with E-state index in [1.54, 1.807) is 13.2 Å². The minimum atomic E-state index is 0.719. The van der Waals surface area contributed by atoms with Gasteiger partial charge in [0.15, 0.2) is 0 Å². The quantitative estimate of drug-likeness (QED) is 0.683. The maximum absolute atomic E-state index is 5.82. The second-order valence-corrected chi connectivity index (χ2v) is 3.87. The van der Waals surface area contributed by atoms with E-state index in [-0.39, 0.29) is 0 Å². The van der Waals surface area contributed by atoms with Crippen LogP contribution < -0.4 is 16.2 Å². The van der Waals surface area contributed by atoms with E-state index >= 15 is 0 Å². The van der Waals surface area contributed by atoms with E-state index in [4.69, 9.17) is 16.2 Å². The normalized spacial score (nSPS) is 10.5. The van der Waals surface area contributed by atoms with Crippen LogP contribution in [0.25, 0.3) is 10.1 Å².